The lowest BCUT2D eigenvalue weighted by Gasteiger charge is -2.19. The fourth-order valence-electron chi connectivity index (χ4n) is 2.02. The molecule has 1 amide bonds. The van der Waals surface area contributed by atoms with E-state index >= 15 is 0 Å². The zero-order chi connectivity index (χ0) is 18.4. The Bertz CT molecular complexity index is 771. The molecule has 0 aliphatic carbocycles. The van der Waals surface area contributed by atoms with Crippen molar-refractivity contribution in [3.63, 3.8) is 0 Å². The van der Waals surface area contributed by atoms with Crippen molar-refractivity contribution < 1.29 is 14.5 Å². The van der Waals surface area contributed by atoms with Gasteiger partial charge >= 0.3 is 11.8 Å². The molecule has 2 N–H and O–H groups in total. The Kier molecular flexibility index (Phi) is 5.53. The molecule has 0 spiro atoms. The van der Waals surface area contributed by atoms with E-state index in [1.807, 2.05) is 6.07 Å². The van der Waals surface area contributed by atoms with Gasteiger partial charge < -0.3 is 15.4 Å². The van der Waals surface area contributed by atoms with Gasteiger partial charge in [-0.1, -0.05) is 12.1 Å². The first kappa shape index (κ1) is 18.2. The standard InChI is InChI=1S/C17H20N4O4/c1-17(2,3)25-16(22)19-11-12-6-4-7-13(10-12)20-15-14(21(23)24)8-5-9-18-15/h4-10H,11H2,1-3H3,(H,18,20)(H,19,22). The number of nitro groups is 1. The summed E-state index contributed by atoms with van der Waals surface area (Å²) in [5.74, 6) is 0.157. The SMILES string of the molecule is CC(C)(C)OC(=O)NCc1cccc(Nc2ncccc2[N+](=O)[O-])c1. The zero-order valence-corrected chi connectivity index (χ0v) is 14.3. The van der Waals surface area contributed by atoms with Crippen LogP contribution in [0.3, 0.4) is 0 Å². The summed E-state index contributed by atoms with van der Waals surface area (Å²) in [6.07, 6.45) is 0.967. The topological polar surface area (TPSA) is 106 Å². The Balaban J connectivity index is 2.05. The summed E-state index contributed by atoms with van der Waals surface area (Å²) in [6, 6.07) is 10.0. The fourth-order valence-corrected chi connectivity index (χ4v) is 2.02. The van der Waals surface area contributed by atoms with Crippen LogP contribution in [-0.2, 0) is 11.3 Å². The molecular formula is C17H20N4O4. The number of aromatic nitrogens is 1. The number of carbonyl (C=O) groups excluding carboxylic acids is 1. The van der Waals surface area contributed by atoms with Crippen molar-refractivity contribution >= 4 is 23.3 Å². The minimum absolute atomic E-state index is 0.111. The predicted molar refractivity (Wildman–Crippen MR) is 93.7 cm³/mol. The van der Waals surface area contributed by atoms with E-state index < -0.39 is 16.6 Å². The minimum Gasteiger partial charge on any atom is -0.444 e. The number of hydrogen-bond donors (Lipinski definition) is 2. The van der Waals surface area contributed by atoms with E-state index in [1.165, 1.54) is 18.3 Å². The smallest absolute Gasteiger partial charge is 0.407 e. The summed E-state index contributed by atoms with van der Waals surface area (Å²) in [6.45, 7) is 5.64. The number of amides is 1. The van der Waals surface area contributed by atoms with Crippen LogP contribution in [0, 0.1) is 10.1 Å². The first-order valence-electron chi connectivity index (χ1n) is 7.67. The van der Waals surface area contributed by atoms with Crippen molar-refractivity contribution in [1.82, 2.24) is 10.3 Å². The second kappa shape index (κ2) is 7.61. The lowest BCUT2D eigenvalue weighted by molar-refractivity contribution is -0.384. The van der Waals surface area contributed by atoms with Crippen molar-refractivity contribution in [3.05, 3.63) is 58.3 Å². The van der Waals surface area contributed by atoms with Gasteiger partial charge in [-0.3, -0.25) is 10.1 Å². The Morgan fingerprint density at radius 1 is 1.28 bits per heavy atom. The van der Waals surface area contributed by atoms with Crippen LogP contribution in [0.25, 0.3) is 0 Å². The molecule has 1 aromatic heterocycles. The first-order chi connectivity index (χ1) is 11.7. The van der Waals surface area contributed by atoms with Crippen molar-refractivity contribution in [2.24, 2.45) is 0 Å². The maximum absolute atomic E-state index is 11.7. The van der Waals surface area contributed by atoms with Gasteiger partial charge in [0.1, 0.15) is 5.60 Å². The lowest BCUT2D eigenvalue weighted by Crippen LogP contribution is -2.32. The summed E-state index contributed by atoms with van der Waals surface area (Å²) in [4.78, 5) is 26.2. The van der Waals surface area contributed by atoms with Crippen molar-refractivity contribution in [1.29, 1.82) is 0 Å². The Hall–Kier alpha value is -3.16. The molecule has 0 bridgehead atoms. The quantitative estimate of drug-likeness (QED) is 0.632. The minimum atomic E-state index is -0.564. The molecule has 0 unspecified atom stereocenters. The van der Waals surface area contributed by atoms with Crippen LogP contribution in [0.2, 0.25) is 0 Å². The van der Waals surface area contributed by atoms with Gasteiger partial charge in [0.2, 0.25) is 5.82 Å². The molecule has 0 saturated carbocycles. The van der Waals surface area contributed by atoms with Gasteiger partial charge in [0.25, 0.3) is 0 Å². The van der Waals surface area contributed by atoms with E-state index in [1.54, 1.807) is 39.0 Å². The number of ether oxygens (including phenoxy) is 1. The van der Waals surface area contributed by atoms with Gasteiger partial charge in [-0.2, -0.15) is 0 Å². The molecule has 1 heterocycles. The van der Waals surface area contributed by atoms with Crippen LogP contribution in [0.5, 0.6) is 0 Å². The normalized spacial score (nSPS) is 10.8. The number of nitrogens with one attached hydrogen (secondary N) is 2. The number of benzene rings is 1. The average Bonchev–Trinajstić information content (AvgIpc) is 2.52. The summed E-state index contributed by atoms with van der Waals surface area (Å²) in [5, 5.41) is 16.6. The number of pyridine rings is 1. The van der Waals surface area contributed by atoms with Gasteiger partial charge in [0, 0.05) is 24.5 Å². The highest BCUT2D eigenvalue weighted by atomic mass is 16.6. The molecule has 8 heteroatoms. The van der Waals surface area contributed by atoms with Crippen LogP contribution < -0.4 is 10.6 Å². The van der Waals surface area contributed by atoms with Crippen LogP contribution in [0.4, 0.5) is 22.0 Å². The largest absolute Gasteiger partial charge is 0.444 e. The van der Waals surface area contributed by atoms with Crippen molar-refractivity contribution in [2.45, 2.75) is 32.9 Å². The summed E-state index contributed by atoms with van der Waals surface area (Å²) in [5.41, 5.74) is 0.769. The zero-order valence-electron chi connectivity index (χ0n) is 14.3. The highest BCUT2D eigenvalue weighted by molar-refractivity contribution is 5.68. The van der Waals surface area contributed by atoms with Crippen molar-refractivity contribution in [2.75, 3.05) is 5.32 Å². The number of alkyl carbamates (subject to hydrolysis) is 1. The second-order valence-corrected chi connectivity index (χ2v) is 6.31. The second-order valence-electron chi connectivity index (χ2n) is 6.31. The monoisotopic (exact) mass is 344 g/mol. The lowest BCUT2D eigenvalue weighted by atomic mass is 10.2. The predicted octanol–water partition coefficient (Wildman–Crippen LogP) is 3.76. The van der Waals surface area contributed by atoms with E-state index in [0.29, 0.717) is 5.69 Å². The van der Waals surface area contributed by atoms with Crippen LogP contribution in [0.1, 0.15) is 26.3 Å². The summed E-state index contributed by atoms with van der Waals surface area (Å²) >= 11 is 0. The molecule has 0 aliphatic rings. The van der Waals surface area contributed by atoms with E-state index in [4.69, 9.17) is 4.74 Å². The van der Waals surface area contributed by atoms with Gasteiger partial charge in [-0.25, -0.2) is 9.78 Å². The molecule has 0 radical (unpaired) electrons. The summed E-state index contributed by atoms with van der Waals surface area (Å²) < 4.78 is 5.18. The van der Waals surface area contributed by atoms with E-state index in [2.05, 4.69) is 15.6 Å². The van der Waals surface area contributed by atoms with E-state index in [9.17, 15) is 14.9 Å². The van der Waals surface area contributed by atoms with Gasteiger partial charge in [0.15, 0.2) is 0 Å². The molecule has 1 aromatic carbocycles. The first-order valence-corrected chi connectivity index (χ1v) is 7.67. The molecule has 25 heavy (non-hydrogen) atoms. The van der Waals surface area contributed by atoms with Gasteiger partial charge in [-0.15, -0.1) is 0 Å². The Morgan fingerprint density at radius 3 is 2.72 bits per heavy atom. The maximum Gasteiger partial charge on any atom is 0.407 e. The third-order valence-corrected chi connectivity index (χ3v) is 3.01. The molecular weight excluding hydrogens is 324 g/mol. The van der Waals surface area contributed by atoms with Crippen LogP contribution in [0.15, 0.2) is 42.6 Å². The number of rotatable bonds is 5. The molecule has 0 saturated heterocycles. The molecule has 8 nitrogen and oxygen atoms in total. The van der Waals surface area contributed by atoms with E-state index in [-0.39, 0.29) is 18.1 Å². The molecule has 0 atom stereocenters. The molecule has 0 aliphatic heterocycles. The number of anilines is 2. The number of nitrogens with zero attached hydrogens (tertiary/aromatic N) is 2. The van der Waals surface area contributed by atoms with E-state index in [0.717, 1.165) is 5.56 Å². The van der Waals surface area contributed by atoms with Crippen LogP contribution >= 0.6 is 0 Å². The molecule has 2 aromatic rings. The highest BCUT2D eigenvalue weighted by Crippen LogP contribution is 2.24. The molecule has 132 valence electrons. The maximum atomic E-state index is 11.7. The number of hydrogen-bond acceptors (Lipinski definition) is 6. The fraction of sp³-hybridized carbons (Fsp3) is 0.294. The van der Waals surface area contributed by atoms with Gasteiger partial charge in [0.05, 0.1) is 4.92 Å². The highest BCUT2D eigenvalue weighted by Gasteiger charge is 2.16. The third-order valence-electron chi connectivity index (χ3n) is 3.01. The Labute approximate surface area is 145 Å². The van der Waals surface area contributed by atoms with Gasteiger partial charge in [-0.05, 0) is 44.5 Å². The average molecular weight is 344 g/mol. The number of carbonyl (C=O) groups is 1. The Morgan fingerprint density at radius 2 is 2.04 bits per heavy atom. The summed E-state index contributed by atoms with van der Waals surface area (Å²) in [7, 11) is 0. The molecule has 2 rings (SSSR count). The van der Waals surface area contributed by atoms with Crippen LogP contribution in [-0.4, -0.2) is 21.6 Å². The van der Waals surface area contributed by atoms with Crippen molar-refractivity contribution in [3.8, 4) is 0 Å². The molecule has 0 fully saturated rings. The third kappa shape index (κ3) is 5.76.